The largest absolute Gasteiger partial charge is 0.481 e. The zero-order chi connectivity index (χ0) is 11.8. The monoisotopic (exact) mass is 224 g/mol. The molecule has 0 saturated heterocycles. The van der Waals surface area contributed by atoms with Crippen LogP contribution in [0.2, 0.25) is 0 Å². The van der Waals surface area contributed by atoms with Gasteiger partial charge in [0.2, 0.25) is 0 Å². The topological polar surface area (TPSA) is 37.3 Å². The third-order valence-electron chi connectivity index (χ3n) is 3.33. The molecule has 1 aliphatic carbocycles. The summed E-state index contributed by atoms with van der Waals surface area (Å²) >= 11 is 0. The van der Waals surface area contributed by atoms with Gasteiger partial charge in [0, 0.05) is 0 Å². The Bertz CT molecular complexity index is 626. The van der Waals surface area contributed by atoms with Crippen LogP contribution in [0.5, 0.6) is 0 Å². The van der Waals surface area contributed by atoms with E-state index in [0.29, 0.717) is 6.42 Å². The summed E-state index contributed by atoms with van der Waals surface area (Å²) in [5, 5.41) is 11.5. The van der Waals surface area contributed by atoms with Crippen molar-refractivity contribution < 1.29 is 9.90 Å². The highest BCUT2D eigenvalue weighted by atomic mass is 16.4. The van der Waals surface area contributed by atoms with Gasteiger partial charge in [-0.05, 0) is 28.3 Å². The summed E-state index contributed by atoms with van der Waals surface area (Å²) in [6, 6.07) is 12.0. The van der Waals surface area contributed by atoms with Gasteiger partial charge in [0.25, 0.3) is 0 Å². The first-order chi connectivity index (χ1) is 8.27. The Kier molecular flexibility index (Phi) is 2.22. The molecule has 0 spiro atoms. The van der Waals surface area contributed by atoms with E-state index in [-0.39, 0.29) is 0 Å². The van der Waals surface area contributed by atoms with Gasteiger partial charge < -0.3 is 5.11 Å². The lowest BCUT2D eigenvalue weighted by molar-refractivity contribution is -0.138. The number of fused-ring (bicyclic) bond motifs is 3. The molecule has 3 rings (SSSR count). The molecule has 2 aromatic rings. The molecule has 1 atom stereocenters. The van der Waals surface area contributed by atoms with Crippen LogP contribution in [0, 0.1) is 0 Å². The Morgan fingerprint density at radius 3 is 2.82 bits per heavy atom. The van der Waals surface area contributed by atoms with Crippen LogP contribution >= 0.6 is 0 Å². The Labute approximate surface area is 99.2 Å². The second kappa shape index (κ2) is 3.74. The number of carboxylic acids is 1. The maximum atomic E-state index is 11.2. The van der Waals surface area contributed by atoms with Crippen LogP contribution in [-0.4, -0.2) is 11.1 Å². The van der Waals surface area contributed by atoms with Gasteiger partial charge in [-0.3, -0.25) is 4.79 Å². The van der Waals surface area contributed by atoms with E-state index in [4.69, 9.17) is 0 Å². The number of rotatable bonds is 1. The molecule has 84 valence electrons. The van der Waals surface area contributed by atoms with Crippen molar-refractivity contribution in [1.29, 1.82) is 0 Å². The third-order valence-corrected chi connectivity index (χ3v) is 3.33. The van der Waals surface area contributed by atoms with Crippen molar-refractivity contribution in [2.75, 3.05) is 0 Å². The van der Waals surface area contributed by atoms with Crippen molar-refractivity contribution in [3.8, 4) is 0 Å². The Balaban J connectivity index is 2.31. The highest BCUT2D eigenvalue weighted by Crippen LogP contribution is 2.34. The van der Waals surface area contributed by atoms with E-state index in [1.807, 2.05) is 48.6 Å². The van der Waals surface area contributed by atoms with Crippen LogP contribution in [0.3, 0.4) is 0 Å². The number of hydrogen-bond acceptors (Lipinski definition) is 1. The molecule has 0 saturated carbocycles. The van der Waals surface area contributed by atoms with Crippen LogP contribution in [-0.2, 0) is 4.79 Å². The first-order valence-electron chi connectivity index (χ1n) is 5.68. The first kappa shape index (κ1) is 10.1. The zero-order valence-corrected chi connectivity index (χ0v) is 9.26. The summed E-state index contributed by atoms with van der Waals surface area (Å²) in [6.45, 7) is 0. The molecule has 2 aromatic carbocycles. The smallest absolute Gasteiger partial charge is 0.311 e. The Morgan fingerprint density at radius 2 is 2.00 bits per heavy atom. The molecule has 1 N–H and O–H groups in total. The van der Waals surface area contributed by atoms with Gasteiger partial charge in [-0.1, -0.05) is 48.6 Å². The Morgan fingerprint density at radius 1 is 1.18 bits per heavy atom. The van der Waals surface area contributed by atoms with Gasteiger partial charge in [-0.2, -0.15) is 0 Å². The summed E-state index contributed by atoms with van der Waals surface area (Å²) in [5.74, 6) is -1.15. The molecule has 0 aromatic heterocycles. The van der Waals surface area contributed by atoms with E-state index < -0.39 is 11.9 Å². The number of carbonyl (C=O) groups is 1. The van der Waals surface area contributed by atoms with E-state index in [9.17, 15) is 9.90 Å². The van der Waals surface area contributed by atoms with Crippen LogP contribution in [0.15, 0.2) is 42.5 Å². The van der Waals surface area contributed by atoms with Crippen molar-refractivity contribution in [3.05, 3.63) is 53.6 Å². The summed E-state index contributed by atoms with van der Waals surface area (Å²) in [6.07, 6.45) is 4.57. The van der Waals surface area contributed by atoms with Gasteiger partial charge in [-0.25, -0.2) is 0 Å². The minimum Gasteiger partial charge on any atom is -0.481 e. The Hall–Kier alpha value is -2.09. The molecule has 0 aliphatic heterocycles. The quantitative estimate of drug-likeness (QED) is 0.805. The van der Waals surface area contributed by atoms with Gasteiger partial charge in [-0.15, -0.1) is 0 Å². The van der Waals surface area contributed by atoms with Crippen LogP contribution < -0.4 is 0 Å². The van der Waals surface area contributed by atoms with E-state index in [1.165, 1.54) is 0 Å². The molecule has 2 nitrogen and oxygen atoms in total. The average Bonchev–Trinajstić information content (AvgIpc) is 2.37. The first-order valence-corrected chi connectivity index (χ1v) is 5.68. The molecule has 1 unspecified atom stereocenters. The predicted octanol–water partition coefficient (Wildman–Crippen LogP) is 3.42. The average molecular weight is 224 g/mol. The fraction of sp³-hybridized carbons (Fsp3) is 0.133. The van der Waals surface area contributed by atoms with Crippen molar-refractivity contribution in [3.63, 3.8) is 0 Å². The maximum absolute atomic E-state index is 11.2. The van der Waals surface area contributed by atoms with E-state index in [2.05, 4.69) is 0 Å². The highest BCUT2D eigenvalue weighted by molar-refractivity contribution is 5.94. The minimum atomic E-state index is -0.745. The van der Waals surface area contributed by atoms with Gasteiger partial charge in [0.1, 0.15) is 0 Å². The van der Waals surface area contributed by atoms with E-state index >= 15 is 0 Å². The van der Waals surface area contributed by atoms with Crippen molar-refractivity contribution in [2.45, 2.75) is 12.3 Å². The molecule has 1 aliphatic rings. The van der Waals surface area contributed by atoms with E-state index in [1.54, 1.807) is 0 Å². The zero-order valence-electron chi connectivity index (χ0n) is 9.26. The molecule has 17 heavy (non-hydrogen) atoms. The lowest BCUT2D eigenvalue weighted by Gasteiger charge is -2.19. The van der Waals surface area contributed by atoms with Gasteiger partial charge in [0.15, 0.2) is 0 Å². The second-order valence-electron chi connectivity index (χ2n) is 4.32. The maximum Gasteiger partial charge on any atom is 0.311 e. The molecule has 0 heterocycles. The summed E-state index contributed by atoms with van der Waals surface area (Å²) < 4.78 is 0. The molecule has 2 heteroatoms. The number of aliphatic carboxylic acids is 1. The van der Waals surface area contributed by atoms with Crippen LogP contribution in [0.25, 0.3) is 16.8 Å². The van der Waals surface area contributed by atoms with Crippen molar-refractivity contribution in [1.82, 2.24) is 0 Å². The summed E-state index contributed by atoms with van der Waals surface area (Å²) in [4.78, 5) is 11.2. The molecule has 0 fully saturated rings. The number of benzene rings is 2. The predicted molar refractivity (Wildman–Crippen MR) is 68.0 cm³/mol. The molecular formula is C15H12O2. The van der Waals surface area contributed by atoms with Crippen LogP contribution in [0.4, 0.5) is 0 Å². The number of hydrogen-bond donors (Lipinski definition) is 1. The molecule has 0 bridgehead atoms. The lowest BCUT2D eigenvalue weighted by Crippen LogP contribution is -2.14. The number of carboxylic acid groups (broad SMARTS) is 1. The normalized spacial score (nSPS) is 18.0. The lowest BCUT2D eigenvalue weighted by atomic mass is 9.84. The van der Waals surface area contributed by atoms with Crippen molar-refractivity contribution >= 4 is 22.8 Å². The van der Waals surface area contributed by atoms with Gasteiger partial charge >= 0.3 is 5.97 Å². The second-order valence-corrected chi connectivity index (χ2v) is 4.32. The SMILES string of the molecule is O=C(O)C1CC=Cc2c1ccc1ccccc21. The fourth-order valence-electron chi connectivity index (χ4n) is 2.49. The van der Waals surface area contributed by atoms with Crippen molar-refractivity contribution in [2.24, 2.45) is 0 Å². The third kappa shape index (κ3) is 1.53. The fourth-order valence-corrected chi connectivity index (χ4v) is 2.49. The van der Waals surface area contributed by atoms with E-state index in [0.717, 1.165) is 21.9 Å². The van der Waals surface area contributed by atoms with Crippen LogP contribution in [0.1, 0.15) is 23.5 Å². The molecule has 0 radical (unpaired) electrons. The summed E-state index contributed by atoms with van der Waals surface area (Å²) in [5.41, 5.74) is 1.99. The molecule has 0 amide bonds. The molecular weight excluding hydrogens is 212 g/mol. The minimum absolute atomic E-state index is 0.403. The standard InChI is InChI=1S/C15H12O2/c16-15(17)14-7-3-6-12-11-5-2-1-4-10(11)8-9-13(12)14/h1-6,8-9,14H,7H2,(H,16,17). The van der Waals surface area contributed by atoms with Gasteiger partial charge in [0.05, 0.1) is 5.92 Å². The highest BCUT2D eigenvalue weighted by Gasteiger charge is 2.24. The summed E-state index contributed by atoms with van der Waals surface area (Å²) in [7, 11) is 0. The number of allylic oxidation sites excluding steroid dienone is 1.